The van der Waals surface area contributed by atoms with E-state index in [1.165, 1.54) is 26.2 Å². The van der Waals surface area contributed by atoms with Crippen LogP contribution in [-0.4, -0.2) is 38.2 Å². The largest absolute Gasteiger partial charge is 0.493 e. The van der Waals surface area contributed by atoms with Gasteiger partial charge in [0.1, 0.15) is 5.82 Å². The minimum Gasteiger partial charge on any atom is -0.493 e. The van der Waals surface area contributed by atoms with Crippen molar-refractivity contribution in [2.45, 2.75) is 26.4 Å². The molecule has 0 radical (unpaired) electrons. The second-order valence-electron chi connectivity index (χ2n) is 6.50. The smallest absolute Gasteiger partial charge is 0.344 e. The van der Waals surface area contributed by atoms with Gasteiger partial charge in [0, 0.05) is 6.54 Å². The number of halogens is 1. The predicted molar refractivity (Wildman–Crippen MR) is 112 cm³/mol. The van der Waals surface area contributed by atoms with E-state index in [0.717, 1.165) is 11.1 Å². The van der Waals surface area contributed by atoms with E-state index >= 15 is 0 Å². The molecule has 6 nitrogen and oxygen atoms in total. The van der Waals surface area contributed by atoms with E-state index < -0.39 is 18.0 Å². The van der Waals surface area contributed by atoms with E-state index in [4.69, 9.17) is 14.2 Å². The molecule has 0 aromatic heterocycles. The fourth-order valence-electron chi connectivity index (χ4n) is 2.65. The van der Waals surface area contributed by atoms with Crippen molar-refractivity contribution >= 4 is 18.0 Å². The van der Waals surface area contributed by atoms with Gasteiger partial charge in [-0.1, -0.05) is 30.4 Å². The summed E-state index contributed by atoms with van der Waals surface area (Å²) in [5.41, 5.74) is 1.83. The van der Waals surface area contributed by atoms with Crippen molar-refractivity contribution in [3.05, 3.63) is 65.5 Å². The molecule has 1 N–H and O–H groups in total. The number of nitrogens with one attached hydrogen (secondary N) is 1. The maximum Gasteiger partial charge on any atom is 0.344 e. The summed E-state index contributed by atoms with van der Waals surface area (Å²) in [6.07, 6.45) is 3.39. The highest BCUT2D eigenvalue weighted by atomic mass is 19.1. The minimum absolute atomic E-state index is 0.308. The Morgan fingerprint density at radius 2 is 1.87 bits per heavy atom. The Kier molecular flexibility index (Phi) is 8.87. The van der Waals surface area contributed by atoms with E-state index in [0.29, 0.717) is 24.5 Å². The lowest BCUT2D eigenvalue weighted by Crippen LogP contribution is -2.37. The van der Waals surface area contributed by atoms with Gasteiger partial charge in [-0.2, -0.15) is 0 Å². The van der Waals surface area contributed by atoms with Crippen LogP contribution in [0.15, 0.2) is 48.5 Å². The van der Waals surface area contributed by atoms with E-state index in [2.05, 4.69) is 5.32 Å². The number of benzene rings is 2. The van der Waals surface area contributed by atoms with Crippen LogP contribution < -0.4 is 14.8 Å². The highest BCUT2D eigenvalue weighted by Crippen LogP contribution is 2.28. The predicted octanol–water partition coefficient (Wildman–Crippen LogP) is 3.54. The molecule has 0 saturated carbocycles. The van der Waals surface area contributed by atoms with Gasteiger partial charge in [0.25, 0.3) is 5.91 Å². The number of methoxy groups -OCH3 is 1. The van der Waals surface area contributed by atoms with Gasteiger partial charge in [-0.25, -0.2) is 9.18 Å². The van der Waals surface area contributed by atoms with Crippen molar-refractivity contribution in [1.29, 1.82) is 0 Å². The molecule has 0 heterocycles. The SMILES string of the molecule is C/C=C/c1ccc(OCC(=O)O[C@@H](C)C(=O)NCCc2ccc(F)cc2)c(OC)c1. The van der Waals surface area contributed by atoms with Gasteiger partial charge < -0.3 is 19.5 Å². The molecule has 0 bridgehead atoms. The Bertz CT molecular complexity index is 880. The lowest BCUT2D eigenvalue weighted by Gasteiger charge is -2.15. The molecule has 1 amide bonds. The number of esters is 1. The molecule has 2 aromatic carbocycles. The van der Waals surface area contributed by atoms with Gasteiger partial charge in [0.2, 0.25) is 0 Å². The van der Waals surface area contributed by atoms with Crippen molar-refractivity contribution < 1.29 is 28.2 Å². The quantitative estimate of drug-likeness (QED) is 0.601. The zero-order valence-corrected chi connectivity index (χ0v) is 17.3. The molecule has 0 spiro atoms. The van der Waals surface area contributed by atoms with Crippen LogP contribution in [0, 0.1) is 5.82 Å². The molecule has 0 aliphatic rings. The monoisotopic (exact) mass is 415 g/mol. The van der Waals surface area contributed by atoms with Crippen molar-refractivity contribution in [3.63, 3.8) is 0 Å². The van der Waals surface area contributed by atoms with Gasteiger partial charge in [-0.3, -0.25) is 4.79 Å². The van der Waals surface area contributed by atoms with Crippen molar-refractivity contribution in [2.75, 3.05) is 20.3 Å². The molecule has 0 fully saturated rings. The average Bonchev–Trinajstić information content (AvgIpc) is 2.74. The second kappa shape index (κ2) is 11.6. The van der Waals surface area contributed by atoms with Crippen LogP contribution in [0.5, 0.6) is 11.5 Å². The van der Waals surface area contributed by atoms with E-state index in [1.807, 2.05) is 25.1 Å². The Labute approximate surface area is 175 Å². The van der Waals surface area contributed by atoms with E-state index in [1.54, 1.807) is 24.3 Å². The van der Waals surface area contributed by atoms with Crippen molar-refractivity contribution in [2.24, 2.45) is 0 Å². The number of carbonyl (C=O) groups excluding carboxylic acids is 2. The molecule has 2 aromatic rings. The summed E-state index contributed by atoms with van der Waals surface area (Å²) in [5.74, 6) is -0.504. The van der Waals surface area contributed by atoms with Gasteiger partial charge in [0.05, 0.1) is 7.11 Å². The van der Waals surface area contributed by atoms with Crippen molar-refractivity contribution in [3.8, 4) is 11.5 Å². The summed E-state index contributed by atoms with van der Waals surface area (Å²) in [6.45, 7) is 3.38. The number of hydrogen-bond donors (Lipinski definition) is 1. The molecule has 0 aliphatic carbocycles. The summed E-state index contributed by atoms with van der Waals surface area (Å²) in [7, 11) is 1.51. The minimum atomic E-state index is -0.965. The van der Waals surface area contributed by atoms with Gasteiger partial charge >= 0.3 is 5.97 Å². The Balaban J connectivity index is 1.77. The Hall–Kier alpha value is -3.35. The van der Waals surface area contributed by atoms with E-state index in [-0.39, 0.29) is 12.4 Å². The number of allylic oxidation sites excluding steroid dienone is 1. The van der Waals surface area contributed by atoms with Crippen LogP contribution in [0.4, 0.5) is 4.39 Å². The van der Waals surface area contributed by atoms with Crippen LogP contribution in [0.2, 0.25) is 0 Å². The third kappa shape index (κ3) is 7.24. The summed E-state index contributed by atoms with van der Waals surface area (Å²) < 4.78 is 28.7. The number of carbonyl (C=O) groups is 2. The fourth-order valence-corrected chi connectivity index (χ4v) is 2.65. The fraction of sp³-hybridized carbons (Fsp3) is 0.304. The van der Waals surface area contributed by atoms with Crippen LogP contribution >= 0.6 is 0 Å². The third-order valence-corrected chi connectivity index (χ3v) is 4.20. The zero-order valence-electron chi connectivity index (χ0n) is 17.3. The molecule has 7 heteroatoms. The van der Waals surface area contributed by atoms with Crippen LogP contribution in [0.1, 0.15) is 25.0 Å². The number of rotatable bonds is 10. The number of ether oxygens (including phenoxy) is 3. The first-order chi connectivity index (χ1) is 14.4. The third-order valence-electron chi connectivity index (χ3n) is 4.20. The van der Waals surface area contributed by atoms with Gasteiger partial charge in [-0.05, 0) is 55.7 Å². The molecule has 30 heavy (non-hydrogen) atoms. The summed E-state index contributed by atoms with van der Waals surface area (Å²) >= 11 is 0. The highest BCUT2D eigenvalue weighted by Gasteiger charge is 2.18. The van der Waals surface area contributed by atoms with Gasteiger partial charge in [0.15, 0.2) is 24.2 Å². The number of amides is 1. The van der Waals surface area contributed by atoms with Gasteiger partial charge in [-0.15, -0.1) is 0 Å². The summed E-state index contributed by atoms with van der Waals surface area (Å²) in [6, 6.07) is 11.4. The maximum atomic E-state index is 12.9. The summed E-state index contributed by atoms with van der Waals surface area (Å²) in [5, 5.41) is 2.68. The normalized spacial score (nSPS) is 11.7. The molecule has 2 rings (SSSR count). The molecule has 0 unspecified atom stereocenters. The lowest BCUT2D eigenvalue weighted by molar-refractivity contribution is -0.156. The van der Waals surface area contributed by atoms with Crippen LogP contribution in [0.3, 0.4) is 0 Å². The zero-order chi connectivity index (χ0) is 21.9. The molecular formula is C23H26FNO5. The first-order valence-electron chi connectivity index (χ1n) is 9.58. The first kappa shape index (κ1) is 22.9. The Morgan fingerprint density at radius 1 is 1.13 bits per heavy atom. The molecule has 0 saturated heterocycles. The summed E-state index contributed by atoms with van der Waals surface area (Å²) in [4.78, 5) is 24.1. The highest BCUT2D eigenvalue weighted by molar-refractivity contribution is 5.83. The maximum absolute atomic E-state index is 12.9. The second-order valence-corrected chi connectivity index (χ2v) is 6.50. The standard InChI is InChI=1S/C23H26FNO5/c1-4-5-18-8-11-20(21(14-18)28-3)29-15-22(26)30-16(2)23(27)25-13-12-17-6-9-19(24)10-7-17/h4-11,14,16H,12-13,15H2,1-3H3,(H,25,27)/b5-4+/t16-/m0/s1. The van der Waals surface area contributed by atoms with Crippen LogP contribution in [-0.2, 0) is 20.7 Å². The lowest BCUT2D eigenvalue weighted by atomic mass is 10.1. The topological polar surface area (TPSA) is 73.9 Å². The molecular weight excluding hydrogens is 389 g/mol. The molecule has 1 atom stereocenters. The number of hydrogen-bond acceptors (Lipinski definition) is 5. The first-order valence-corrected chi connectivity index (χ1v) is 9.58. The Morgan fingerprint density at radius 3 is 2.53 bits per heavy atom. The van der Waals surface area contributed by atoms with E-state index in [9.17, 15) is 14.0 Å². The molecule has 160 valence electrons. The van der Waals surface area contributed by atoms with Crippen molar-refractivity contribution in [1.82, 2.24) is 5.32 Å². The average molecular weight is 415 g/mol. The van der Waals surface area contributed by atoms with Crippen LogP contribution in [0.25, 0.3) is 6.08 Å². The molecule has 0 aliphatic heterocycles.